The normalized spacial score (nSPS) is 11.2. The third kappa shape index (κ3) is 5.18. The Morgan fingerprint density at radius 2 is 1.20 bits per heavy atom. The van der Waals surface area contributed by atoms with E-state index in [4.69, 9.17) is 0 Å². The molecule has 0 fully saturated rings. The Labute approximate surface area is 123 Å². The van der Waals surface area contributed by atoms with Gasteiger partial charge in [0.2, 0.25) is 0 Å². The molecular formula is C19H25N. The van der Waals surface area contributed by atoms with E-state index in [0.717, 1.165) is 19.4 Å². The maximum absolute atomic E-state index is 3.72. The second-order valence-electron chi connectivity index (χ2n) is 5.88. The first-order valence-corrected chi connectivity index (χ1v) is 7.55. The molecule has 0 unspecified atom stereocenters. The number of rotatable bonds is 7. The van der Waals surface area contributed by atoms with Gasteiger partial charge in [0.05, 0.1) is 0 Å². The van der Waals surface area contributed by atoms with Crippen LogP contribution in [-0.2, 0) is 12.8 Å². The van der Waals surface area contributed by atoms with E-state index in [2.05, 4.69) is 79.8 Å². The summed E-state index contributed by atoms with van der Waals surface area (Å²) in [6.45, 7) is 5.59. The molecule has 2 aromatic rings. The van der Waals surface area contributed by atoms with Crippen LogP contribution in [0, 0.1) is 5.92 Å². The summed E-state index contributed by atoms with van der Waals surface area (Å²) in [5.41, 5.74) is 2.81. The van der Waals surface area contributed by atoms with Crippen LogP contribution in [0.3, 0.4) is 0 Å². The topological polar surface area (TPSA) is 12.0 Å². The van der Waals surface area contributed by atoms with Crippen LogP contribution in [-0.4, -0.2) is 12.6 Å². The van der Waals surface area contributed by atoms with Crippen molar-refractivity contribution in [3.05, 3.63) is 71.8 Å². The summed E-state index contributed by atoms with van der Waals surface area (Å²) in [4.78, 5) is 0. The van der Waals surface area contributed by atoms with Gasteiger partial charge >= 0.3 is 0 Å². The zero-order valence-electron chi connectivity index (χ0n) is 12.5. The van der Waals surface area contributed by atoms with Crippen molar-refractivity contribution < 1.29 is 0 Å². The maximum atomic E-state index is 3.72. The molecular weight excluding hydrogens is 242 g/mol. The predicted octanol–water partition coefficient (Wildman–Crippen LogP) is 4.09. The molecule has 0 radical (unpaired) electrons. The van der Waals surface area contributed by atoms with Crippen LogP contribution in [0.5, 0.6) is 0 Å². The van der Waals surface area contributed by atoms with Crippen LogP contribution in [0.4, 0.5) is 0 Å². The van der Waals surface area contributed by atoms with Crippen LogP contribution in [0.25, 0.3) is 0 Å². The van der Waals surface area contributed by atoms with Crippen molar-refractivity contribution in [3.8, 4) is 0 Å². The highest BCUT2D eigenvalue weighted by Gasteiger charge is 2.10. The van der Waals surface area contributed by atoms with Crippen molar-refractivity contribution in [1.82, 2.24) is 5.32 Å². The summed E-state index contributed by atoms with van der Waals surface area (Å²) in [5, 5.41) is 3.72. The summed E-state index contributed by atoms with van der Waals surface area (Å²) >= 11 is 0. The SMILES string of the molecule is CC(C)CNC(Cc1ccccc1)Cc1ccccc1. The van der Waals surface area contributed by atoms with E-state index in [1.165, 1.54) is 11.1 Å². The minimum atomic E-state index is 0.502. The first-order chi connectivity index (χ1) is 9.74. The van der Waals surface area contributed by atoms with E-state index >= 15 is 0 Å². The number of nitrogens with one attached hydrogen (secondary N) is 1. The van der Waals surface area contributed by atoms with Crippen LogP contribution in [0.2, 0.25) is 0 Å². The van der Waals surface area contributed by atoms with Gasteiger partial charge in [-0.2, -0.15) is 0 Å². The largest absolute Gasteiger partial charge is 0.313 e. The van der Waals surface area contributed by atoms with Gasteiger partial charge in [0, 0.05) is 6.04 Å². The fourth-order valence-corrected chi connectivity index (χ4v) is 2.42. The van der Waals surface area contributed by atoms with E-state index in [1.807, 2.05) is 0 Å². The van der Waals surface area contributed by atoms with Crippen LogP contribution >= 0.6 is 0 Å². The molecule has 0 aliphatic heterocycles. The van der Waals surface area contributed by atoms with Gasteiger partial charge < -0.3 is 5.32 Å². The molecule has 20 heavy (non-hydrogen) atoms. The van der Waals surface area contributed by atoms with Gasteiger partial charge in [-0.25, -0.2) is 0 Å². The number of benzene rings is 2. The lowest BCUT2D eigenvalue weighted by molar-refractivity contribution is 0.457. The summed E-state index contributed by atoms with van der Waals surface area (Å²) in [6.07, 6.45) is 2.17. The van der Waals surface area contributed by atoms with Gasteiger partial charge in [-0.1, -0.05) is 74.5 Å². The molecule has 0 bridgehead atoms. The second kappa shape index (κ2) is 7.86. The lowest BCUT2D eigenvalue weighted by atomic mass is 9.98. The lowest BCUT2D eigenvalue weighted by Crippen LogP contribution is -2.35. The molecule has 1 nitrogen and oxygen atoms in total. The summed E-state index contributed by atoms with van der Waals surface area (Å²) in [6, 6.07) is 22.0. The minimum absolute atomic E-state index is 0.502. The Morgan fingerprint density at radius 3 is 1.60 bits per heavy atom. The number of hydrogen-bond acceptors (Lipinski definition) is 1. The van der Waals surface area contributed by atoms with Crippen molar-refractivity contribution in [2.75, 3.05) is 6.54 Å². The van der Waals surface area contributed by atoms with Gasteiger partial charge in [-0.3, -0.25) is 0 Å². The summed E-state index contributed by atoms with van der Waals surface area (Å²) < 4.78 is 0. The van der Waals surface area contributed by atoms with Crippen molar-refractivity contribution in [1.29, 1.82) is 0 Å². The predicted molar refractivity (Wildman–Crippen MR) is 86.9 cm³/mol. The Morgan fingerprint density at radius 1 is 0.750 bits per heavy atom. The van der Waals surface area contributed by atoms with E-state index in [-0.39, 0.29) is 0 Å². The average Bonchev–Trinajstić information content (AvgIpc) is 2.47. The smallest absolute Gasteiger partial charge is 0.0148 e. The van der Waals surface area contributed by atoms with E-state index in [0.29, 0.717) is 12.0 Å². The maximum Gasteiger partial charge on any atom is 0.0148 e. The van der Waals surface area contributed by atoms with Gasteiger partial charge in [0.25, 0.3) is 0 Å². The van der Waals surface area contributed by atoms with Crippen LogP contribution < -0.4 is 5.32 Å². The first-order valence-electron chi connectivity index (χ1n) is 7.55. The average molecular weight is 267 g/mol. The zero-order chi connectivity index (χ0) is 14.2. The Balaban J connectivity index is 2.00. The Kier molecular flexibility index (Phi) is 5.82. The number of hydrogen-bond donors (Lipinski definition) is 1. The molecule has 0 atom stereocenters. The van der Waals surface area contributed by atoms with Gasteiger partial charge in [0.15, 0.2) is 0 Å². The lowest BCUT2D eigenvalue weighted by Gasteiger charge is -2.20. The quantitative estimate of drug-likeness (QED) is 0.797. The monoisotopic (exact) mass is 267 g/mol. The highest BCUT2D eigenvalue weighted by Crippen LogP contribution is 2.09. The molecule has 0 heterocycles. The third-order valence-corrected chi connectivity index (χ3v) is 3.46. The van der Waals surface area contributed by atoms with E-state index in [1.54, 1.807) is 0 Å². The van der Waals surface area contributed by atoms with Crippen molar-refractivity contribution in [3.63, 3.8) is 0 Å². The fourth-order valence-electron chi connectivity index (χ4n) is 2.42. The summed E-state index contributed by atoms with van der Waals surface area (Å²) in [7, 11) is 0. The van der Waals surface area contributed by atoms with Gasteiger partial charge in [-0.05, 0) is 36.4 Å². The third-order valence-electron chi connectivity index (χ3n) is 3.46. The minimum Gasteiger partial charge on any atom is -0.313 e. The molecule has 0 saturated heterocycles. The molecule has 106 valence electrons. The van der Waals surface area contributed by atoms with Crippen molar-refractivity contribution in [2.24, 2.45) is 5.92 Å². The highest BCUT2D eigenvalue weighted by molar-refractivity contribution is 5.19. The highest BCUT2D eigenvalue weighted by atomic mass is 14.9. The van der Waals surface area contributed by atoms with Crippen LogP contribution in [0.1, 0.15) is 25.0 Å². The van der Waals surface area contributed by atoms with Gasteiger partial charge in [0.1, 0.15) is 0 Å². The first kappa shape index (κ1) is 14.8. The molecule has 0 aromatic heterocycles. The van der Waals surface area contributed by atoms with Crippen molar-refractivity contribution >= 4 is 0 Å². The van der Waals surface area contributed by atoms with Gasteiger partial charge in [-0.15, -0.1) is 0 Å². The molecule has 0 saturated carbocycles. The molecule has 0 aliphatic rings. The van der Waals surface area contributed by atoms with E-state index < -0.39 is 0 Å². The molecule has 2 aromatic carbocycles. The molecule has 0 aliphatic carbocycles. The Bertz CT molecular complexity index is 434. The van der Waals surface area contributed by atoms with E-state index in [9.17, 15) is 0 Å². The molecule has 0 spiro atoms. The molecule has 2 rings (SSSR count). The standard InChI is InChI=1S/C19H25N/c1-16(2)15-20-19(13-17-9-5-3-6-10-17)14-18-11-7-4-8-12-18/h3-12,16,19-20H,13-15H2,1-2H3. The second-order valence-corrected chi connectivity index (χ2v) is 5.88. The summed E-state index contributed by atoms with van der Waals surface area (Å²) in [5.74, 6) is 0.684. The van der Waals surface area contributed by atoms with Crippen molar-refractivity contribution in [2.45, 2.75) is 32.7 Å². The van der Waals surface area contributed by atoms with Crippen LogP contribution in [0.15, 0.2) is 60.7 Å². The molecule has 1 N–H and O–H groups in total. The zero-order valence-corrected chi connectivity index (χ0v) is 12.5. The molecule has 1 heteroatoms. The molecule has 0 amide bonds. The Hall–Kier alpha value is -1.60. The fraction of sp³-hybridized carbons (Fsp3) is 0.368.